The second-order valence-corrected chi connectivity index (χ2v) is 5.10. The first kappa shape index (κ1) is 14.2. The van der Waals surface area contributed by atoms with Crippen LogP contribution in [0.1, 0.15) is 19.7 Å². The topological polar surface area (TPSA) is 79.5 Å². The monoisotopic (exact) mass is 275 g/mol. The molecule has 0 saturated carbocycles. The lowest BCUT2D eigenvalue weighted by molar-refractivity contribution is -0.148. The SMILES string of the molecule is CN(Cc1noc(-c2ccccc2)n1)C(C)(C)C(=O)O. The Morgan fingerprint density at radius 1 is 1.35 bits per heavy atom. The van der Waals surface area contributed by atoms with E-state index in [0.29, 0.717) is 18.3 Å². The van der Waals surface area contributed by atoms with E-state index in [4.69, 9.17) is 9.63 Å². The summed E-state index contributed by atoms with van der Waals surface area (Å²) in [6, 6.07) is 9.44. The minimum atomic E-state index is -0.993. The molecule has 2 aromatic rings. The van der Waals surface area contributed by atoms with Crippen molar-refractivity contribution in [1.29, 1.82) is 0 Å². The predicted molar refractivity (Wildman–Crippen MR) is 72.9 cm³/mol. The first-order chi connectivity index (χ1) is 9.41. The highest BCUT2D eigenvalue weighted by atomic mass is 16.5. The molecule has 0 aliphatic heterocycles. The summed E-state index contributed by atoms with van der Waals surface area (Å²) in [5.74, 6) is -0.00501. The number of likely N-dealkylation sites (N-methyl/N-ethyl adjacent to an activating group) is 1. The summed E-state index contributed by atoms with van der Waals surface area (Å²) in [4.78, 5) is 17.1. The smallest absolute Gasteiger partial charge is 0.323 e. The molecular formula is C14H17N3O3. The lowest BCUT2D eigenvalue weighted by atomic mass is 10.0. The van der Waals surface area contributed by atoms with E-state index in [-0.39, 0.29) is 0 Å². The van der Waals surface area contributed by atoms with E-state index >= 15 is 0 Å². The van der Waals surface area contributed by atoms with Gasteiger partial charge in [0.25, 0.3) is 5.89 Å². The third-order valence-corrected chi connectivity index (χ3v) is 3.35. The van der Waals surface area contributed by atoms with Gasteiger partial charge in [-0.1, -0.05) is 23.4 Å². The molecule has 6 heteroatoms. The molecule has 0 amide bonds. The van der Waals surface area contributed by atoms with Gasteiger partial charge in [-0.3, -0.25) is 9.69 Å². The van der Waals surface area contributed by atoms with Crippen molar-refractivity contribution in [2.75, 3.05) is 7.05 Å². The summed E-state index contributed by atoms with van der Waals surface area (Å²) >= 11 is 0. The number of hydrogen-bond donors (Lipinski definition) is 1. The quantitative estimate of drug-likeness (QED) is 0.899. The second kappa shape index (κ2) is 5.42. The molecule has 0 aliphatic rings. The van der Waals surface area contributed by atoms with Crippen LogP contribution in [0.3, 0.4) is 0 Å². The molecule has 1 N–H and O–H groups in total. The largest absolute Gasteiger partial charge is 0.480 e. The highest BCUT2D eigenvalue weighted by Gasteiger charge is 2.32. The van der Waals surface area contributed by atoms with Crippen molar-refractivity contribution in [1.82, 2.24) is 15.0 Å². The van der Waals surface area contributed by atoms with Gasteiger partial charge in [-0.2, -0.15) is 4.98 Å². The Morgan fingerprint density at radius 2 is 2.00 bits per heavy atom. The highest BCUT2D eigenvalue weighted by Crippen LogP contribution is 2.19. The van der Waals surface area contributed by atoms with Gasteiger partial charge < -0.3 is 9.63 Å². The number of rotatable bonds is 5. The summed E-state index contributed by atoms with van der Waals surface area (Å²) in [7, 11) is 1.71. The van der Waals surface area contributed by atoms with E-state index in [1.54, 1.807) is 25.8 Å². The minimum absolute atomic E-state index is 0.301. The first-order valence-corrected chi connectivity index (χ1v) is 6.24. The van der Waals surface area contributed by atoms with Crippen LogP contribution in [0.2, 0.25) is 0 Å². The zero-order chi connectivity index (χ0) is 14.8. The molecule has 1 aromatic carbocycles. The number of benzene rings is 1. The third-order valence-electron chi connectivity index (χ3n) is 3.35. The molecule has 0 spiro atoms. The van der Waals surface area contributed by atoms with Gasteiger partial charge in [-0.25, -0.2) is 0 Å². The van der Waals surface area contributed by atoms with E-state index in [2.05, 4.69) is 10.1 Å². The van der Waals surface area contributed by atoms with Crippen molar-refractivity contribution in [3.63, 3.8) is 0 Å². The van der Waals surface area contributed by atoms with Crippen LogP contribution in [-0.2, 0) is 11.3 Å². The molecule has 0 unspecified atom stereocenters. The average molecular weight is 275 g/mol. The lowest BCUT2D eigenvalue weighted by Crippen LogP contribution is -2.47. The van der Waals surface area contributed by atoms with Crippen molar-refractivity contribution in [3.05, 3.63) is 36.2 Å². The average Bonchev–Trinajstić information content (AvgIpc) is 2.88. The summed E-state index contributed by atoms with van der Waals surface area (Å²) in [5, 5.41) is 13.1. The molecule has 106 valence electrons. The Morgan fingerprint density at radius 3 is 2.60 bits per heavy atom. The van der Waals surface area contributed by atoms with Gasteiger partial charge >= 0.3 is 5.97 Å². The van der Waals surface area contributed by atoms with E-state index in [1.165, 1.54) is 0 Å². The maximum Gasteiger partial charge on any atom is 0.323 e. The Bertz CT molecular complexity index is 593. The van der Waals surface area contributed by atoms with Crippen LogP contribution in [0.25, 0.3) is 11.5 Å². The molecule has 0 saturated heterocycles. The van der Waals surface area contributed by atoms with Crippen LogP contribution in [0, 0.1) is 0 Å². The predicted octanol–water partition coefficient (Wildman–Crippen LogP) is 2.03. The van der Waals surface area contributed by atoms with Crippen LogP contribution in [0.4, 0.5) is 0 Å². The second-order valence-electron chi connectivity index (χ2n) is 5.10. The zero-order valence-corrected chi connectivity index (χ0v) is 11.7. The van der Waals surface area contributed by atoms with Crippen LogP contribution >= 0.6 is 0 Å². The molecule has 2 rings (SSSR count). The van der Waals surface area contributed by atoms with E-state index < -0.39 is 11.5 Å². The van der Waals surface area contributed by atoms with E-state index in [1.807, 2.05) is 30.3 Å². The Hall–Kier alpha value is -2.21. The summed E-state index contributed by atoms with van der Waals surface area (Å²) in [6.45, 7) is 3.57. The summed E-state index contributed by atoms with van der Waals surface area (Å²) in [5.41, 5.74) is -0.153. The zero-order valence-electron chi connectivity index (χ0n) is 11.7. The molecule has 6 nitrogen and oxygen atoms in total. The molecule has 0 aliphatic carbocycles. The molecule has 0 bridgehead atoms. The molecule has 20 heavy (non-hydrogen) atoms. The number of nitrogens with zero attached hydrogens (tertiary/aromatic N) is 3. The Kier molecular flexibility index (Phi) is 3.85. The molecule has 1 heterocycles. The van der Waals surface area contributed by atoms with Crippen molar-refractivity contribution in [3.8, 4) is 11.5 Å². The maximum absolute atomic E-state index is 11.2. The number of aliphatic carboxylic acids is 1. The summed E-state index contributed by atoms with van der Waals surface area (Å²) in [6.07, 6.45) is 0. The third kappa shape index (κ3) is 2.85. The molecule has 0 atom stereocenters. The number of carboxylic acids is 1. The van der Waals surface area contributed by atoms with E-state index in [0.717, 1.165) is 5.56 Å². The molecular weight excluding hydrogens is 258 g/mol. The number of hydrogen-bond acceptors (Lipinski definition) is 5. The van der Waals surface area contributed by atoms with Crippen LogP contribution in [-0.4, -0.2) is 38.7 Å². The van der Waals surface area contributed by atoms with Crippen LogP contribution in [0.15, 0.2) is 34.9 Å². The number of carbonyl (C=O) groups is 1. The van der Waals surface area contributed by atoms with Crippen molar-refractivity contribution < 1.29 is 14.4 Å². The van der Waals surface area contributed by atoms with E-state index in [9.17, 15) is 4.79 Å². The van der Waals surface area contributed by atoms with Gasteiger partial charge in [0.15, 0.2) is 5.82 Å². The number of carboxylic acid groups (broad SMARTS) is 1. The number of aromatic nitrogens is 2. The molecule has 1 aromatic heterocycles. The summed E-state index contributed by atoms with van der Waals surface area (Å²) < 4.78 is 5.19. The van der Waals surface area contributed by atoms with Gasteiger partial charge in [0, 0.05) is 5.56 Å². The Balaban J connectivity index is 2.13. The van der Waals surface area contributed by atoms with Gasteiger partial charge in [0.05, 0.1) is 6.54 Å². The standard InChI is InChI=1S/C14H17N3O3/c1-14(2,13(18)19)17(3)9-11-15-12(20-16-11)10-7-5-4-6-8-10/h4-8H,9H2,1-3H3,(H,18,19). The van der Waals surface area contributed by atoms with Crippen molar-refractivity contribution in [2.45, 2.75) is 25.9 Å². The Labute approximate surface area is 117 Å². The van der Waals surface area contributed by atoms with Gasteiger partial charge in [-0.15, -0.1) is 0 Å². The maximum atomic E-state index is 11.2. The van der Waals surface area contributed by atoms with Crippen LogP contribution < -0.4 is 0 Å². The first-order valence-electron chi connectivity index (χ1n) is 6.24. The fourth-order valence-electron chi connectivity index (χ4n) is 1.59. The normalized spacial score (nSPS) is 11.8. The van der Waals surface area contributed by atoms with Gasteiger partial charge in [0.1, 0.15) is 5.54 Å². The van der Waals surface area contributed by atoms with Gasteiger partial charge in [0.2, 0.25) is 0 Å². The van der Waals surface area contributed by atoms with Gasteiger partial charge in [-0.05, 0) is 33.0 Å². The minimum Gasteiger partial charge on any atom is -0.480 e. The van der Waals surface area contributed by atoms with Crippen LogP contribution in [0.5, 0.6) is 0 Å². The fraction of sp³-hybridized carbons (Fsp3) is 0.357. The van der Waals surface area contributed by atoms with Crippen molar-refractivity contribution in [2.24, 2.45) is 0 Å². The molecule has 0 radical (unpaired) electrons. The fourth-order valence-corrected chi connectivity index (χ4v) is 1.59. The van der Waals surface area contributed by atoms with Crippen molar-refractivity contribution >= 4 is 5.97 Å². The highest BCUT2D eigenvalue weighted by molar-refractivity contribution is 5.77. The molecule has 0 fully saturated rings. The lowest BCUT2D eigenvalue weighted by Gasteiger charge is -2.30.